The number of hydrogen-bond donors (Lipinski definition) is 1. The van der Waals surface area contributed by atoms with Crippen molar-refractivity contribution in [3.05, 3.63) is 35.9 Å². The molecule has 0 spiro atoms. The van der Waals surface area contributed by atoms with Gasteiger partial charge in [-0.1, -0.05) is 19.0 Å². The Morgan fingerprint density at radius 3 is 2.63 bits per heavy atom. The van der Waals surface area contributed by atoms with Gasteiger partial charge in [0.05, 0.1) is 6.26 Å². The highest BCUT2D eigenvalue weighted by molar-refractivity contribution is 5.91. The van der Waals surface area contributed by atoms with Crippen molar-refractivity contribution in [3.8, 4) is 0 Å². The van der Waals surface area contributed by atoms with Gasteiger partial charge in [0.15, 0.2) is 17.5 Å². The Hall–Kier alpha value is -2.84. The third kappa shape index (κ3) is 4.66. The summed E-state index contributed by atoms with van der Waals surface area (Å²) in [6, 6.07) is 3.42. The molecule has 3 rings (SSSR count). The summed E-state index contributed by atoms with van der Waals surface area (Å²) in [5, 5.41) is 7.29. The molecule has 0 unspecified atom stereocenters. The number of nitrogens with one attached hydrogen (secondary N) is 1. The fourth-order valence-corrected chi connectivity index (χ4v) is 2.90. The zero-order valence-electron chi connectivity index (χ0n) is 16.0. The predicted molar refractivity (Wildman–Crippen MR) is 99.6 cm³/mol. The normalized spacial score (nSPS) is 15.5. The summed E-state index contributed by atoms with van der Waals surface area (Å²) in [5.41, 5.74) is 0. The van der Waals surface area contributed by atoms with Gasteiger partial charge in [-0.05, 0) is 12.1 Å². The Labute approximate surface area is 158 Å². The number of furan rings is 1. The number of aliphatic imine (C=N–C) groups is 1. The number of nitrogens with zero attached hydrogens (tertiary/aromatic N) is 5. The van der Waals surface area contributed by atoms with Crippen molar-refractivity contribution < 1.29 is 13.7 Å². The van der Waals surface area contributed by atoms with Crippen molar-refractivity contribution in [2.75, 3.05) is 39.8 Å². The molecule has 1 fully saturated rings. The summed E-state index contributed by atoms with van der Waals surface area (Å²) >= 11 is 0. The van der Waals surface area contributed by atoms with E-state index in [4.69, 9.17) is 8.94 Å². The zero-order valence-corrected chi connectivity index (χ0v) is 16.0. The maximum absolute atomic E-state index is 12.3. The number of rotatable bonds is 5. The van der Waals surface area contributed by atoms with Gasteiger partial charge in [-0.15, -0.1) is 0 Å². The fraction of sp³-hybridized carbons (Fsp3) is 0.556. The molecule has 1 aliphatic rings. The first-order valence-electron chi connectivity index (χ1n) is 9.19. The summed E-state index contributed by atoms with van der Waals surface area (Å²) in [4.78, 5) is 25.0. The molecule has 9 heteroatoms. The van der Waals surface area contributed by atoms with E-state index in [1.54, 1.807) is 24.1 Å². The lowest BCUT2D eigenvalue weighted by atomic mass is 10.2. The maximum Gasteiger partial charge on any atom is 0.289 e. The van der Waals surface area contributed by atoms with Gasteiger partial charge in [0.1, 0.15) is 0 Å². The van der Waals surface area contributed by atoms with E-state index in [-0.39, 0.29) is 11.8 Å². The quantitative estimate of drug-likeness (QED) is 0.623. The standard InChI is InChI=1S/C18H26N6O3/c1-13(2)16-21-15(27-22-16)6-7-20-18(19-3)24-10-8-23(9-11-24)17(25)14-5-4-12-26-14/h4-5,12-13H,6-11H2,1-3H3,(H,19,20). The van der Waals surface area contributed by atoms with Crippen LogP contribution in [0.1, 0.15) is 42.0 Å². The van der Waals surface area contributed by atoms with Crippen LogP contribution in [0.5, 0.6) is 0 Å². The Kier molecular flexibility index (Phi) is 6.10. The minimum atomic E-state index is -0.0695. The second kappa shape index (κ2) is 8.70. The maximum atomic E-state index is 12.3. The summed E-state index contributed by atoms with van der Waals surface area (Å²) in [6.07, 6.45) is 2.15. The number of piperazine rings is 1. The van der Waals surface area contributed by atoms with Crippen molar-refractivity contribution in [2.24, 2.45) is 4.99 Å². The SMILES string of the molecule is CN=C(NCCc1nc(C(C)C)no1)N1CCN(C(=O)c2ccco2)CC1. The predicted octanol–water partition coefficient (Wildman–Crippen LogP) is 1.36. The minimum Gasteiger partial charge on any atom is -0.459 e. The summed E-state index contributed by atoms with van der Waals surface area (Å²) in [7, 11) is 1.76. The van der Waals surface area contributed by atoms with Crippen LogP contribution in [-0.2, 0) is 6.42 Å². The van der Waals surface area contributed by atoms with Gasteiger partial charge < -0.3 is 24.1 Å². The molecular formula is C18H26N6O3. The van der Waals surface area contributed by atoms with Crippen LogP contribution in [0, 0.1) is 0 Å². The molecule has 3 heterocycles. The zero-order chi connectivity index (χ0) is 19.2. The second-order valence-electron chi connectivity index (χ2n) is 6.68. The highest BCUT2D eigenvalue weighted by Gasteiger charge is 2.25. The van der Waals surface area contributed by atoms with Crippen LogP contribution >= 0.6 is 0 Å². The molecule has 146 valence electrons. The molecule has 1 amide bonds. The molecule has 0 aromatic carbocycles. The molecule has 0 radical (unpaired) electrons. The lowest BCUT2D eigenvalue weighted by Crippen LogP contribution is -2.54. The minimum absolute atomic E-state index is 0.0695. The highest BCUT2D eigenvalue weighted by Crippen LogP contribution is 2.11. The van der Waals surface area contributed by atoms with Crippen molar-refractivity contribution in [2.45, 2.75) is 26.2 Å². The van der Waals surface area contributed by atoms with E-state index in [0.29, 0.717) is 50.8 Å². The highest BCUT2D eigenvalue weighted by atomic mass is 16.5. The van der Waals surface area contributed by atoms with Gasteiger partial charge in [0, 0.05) is 52.1 Å². The summed E-state index contributed by atoms with van der Waals surface area (Å²) in [5.74, 6) is 2.72. The van der Waals surface area contributed by atoms with Gasteiger partial charge in [-0.3, -0.25) is 9.79 Å². The van der Waals surface area contributed by atoms with Crippen LogP contribution in [0.15, 0.2) is 32.3 Å². The Morgan fingerprint density at radius 2 is 2.04 bits per heavy atom. The molecule has 9 nitrogen and oxygen atoms in total. The van der Waals surface area contributed by atoms with E-state index >= 15 is 0 Å². The van der Waals surface area contributed by atoms with Gasteiger partial charge in [-0.25, -0.2) is 0 Å². The topological polar surface area (TPSA) is 100 Å². The lowest BCUT2D eigenvalue weighted by Gasteiger charge is -2.36. The van der Waals surface area contributed by atoms with Gasteiger partial charge >= 0.3 is 0 Å². The monoisotopic (exact) mass is 374 g/mol. The van der Waals surface area contributed by atoms with Gasteiger partial charge in [0.2, 0.25) is 5.89 Å². The molecule has 1 saturated heterocycles. The van der Waals surface area contributed by atoms with E-state index in [2.05, 4.69) is 25.3 Å². The van der Waals surface area contributed by atoms with Crippen LogP contribution in [0.3, 0.4) is 0 Å². The van der Waals surface area contributed by atoms with E-state index in [9.17, 15) is 4.79 Å². The smallest absolute Gasteiger partial charge is 0.289 e. The third-order valence-electron chi connectivity index (χ3n) is 4.43. The lowest BCUT2D eigenvalue weighted by molar-refractivity contribution is 0.0657. The molecule has 0 saturated carbocycles. The summed E-state index contributed by atoms with van der Waals surface area (Å²) < 4.78 is 10.4. The van der Waals surface area contributed by atoms with Crippen molar-refractivity contribution >= 4 is 11.9 Å². The Bertz CT molecular complexity index is 760. The molecule has 0 atom stereocenters. The van der Waals surface area contributed by atoms with Crippen LogP contribution in [0.2, 0.25) is 0 Å². The second-order valence-corrected chi connectivity index (χ2v) is 6.68. The molecule has 1 aliphatic heterocycles. The summed E-state index contributed by atoms with van der Waals surface area (Å²) in [6.45, 7) is 7.39. The van der Waals surface area contributed by atoms with Gasteiger partial charge in [0.25, 0.3) is 5.91 Å². The average molecular weight is 374 g/mol. The van der Waals surface area contributed by atoms with Crippen LogP contribution < -0.4 is 5.32 Å². The molecule has 2 aromatic heterocycles. The van der Waals surface area contributed by atoms with Gasteiger partial charge in [-0.2, -0.15) is 4.98 Å². The fourth-order valence-electron chi connectivity index (χ4n) is 2.90. The number of carbonyl (C=O) groups excluding carboxylic acids is 1. The largest absolute Gasteiger partial charge is 0.459 e. The van der Waals surface area contributed by atoms with E-state index in [1.807, 2.05) is 13.8 Å². The van der Waals surface area contributed by atoms with Crippen molar-refractivity contribution in [1.29, 1.82) is 0 Å². The number of amides is 1. The Morgan fingerprint density at radius 1 is 1.30 bits per heavy atom. The first kappa shape index (κ1) is 18.9. The molecule has 2 aromatic rings. The molecular weight excluding hydrogens is 348 g/mol. The first-order valence-corrected chi connectivity index (χ1v) is 9.19. The van der Waals surface area contributed by atoms with Crippen LogP contribution in [0.25, 0.3) is 0 Å². The van der Waals surface area contributed by atoms with E-state index < -0.39 is 0 Å². The molecule has 1 N–H and O–H groups in total. The van der Waals surface area contributed by atoms with Crippen molar-refractivity contribution in [3.63, 3.8) is 0 Å². The van der Waals surface area contributed by atoms with E-state index in [1.165, 1.54) is 6.26 Å². The first-order chi connectivity index (χ1) is 13.1. The number of guanidine groups is 1. The number of aromatic nitrogens is 2. The average Bonchev–Trinajstić information content (AvgIpc) is 3.37. The van der Waals surface area contributed by atoms with E-state index in [0.717, 1.165) is 11.8 Å². The van der Waals surface area contributed by atoms with Crippen LogP contribution in [-0.4, -0.2) is 71.6 Å². The molecule has 0 bridgehead atoms. The Balaban J connectivity index is 1.45. The molecule has 27 heavy (non-hydrogen) atoms. The number of hydrogen-bond acceptors (Lipinski definition) is 6. The molecule has 0 aliphatic carbocycles. The van der Waals surface area contributed by atoms with Crippen molar-refractivity contribution in [1.82, 2.24) is 25.3 Å². The van der Waals surface area contributed by atoms with Crippen LogP contribution in [0.4, 0.5) is 0 Å². The third-order valence-corrected chi connectivity index (χ3v) is 4.43. The number of carbonyl (C=O) groups is 1.